The Balaban J connectivity index is 1.31. The lowest BCUT2D eigenvalue weighted by Gasteiger charge is -2.44. The topological polar surface area (TPSA) is 46.9 Å². The summed E-state index contributed by atoms with van der Waals surface area (Å²) in [5.41, 5.74) is 17.5. The van der Waals surface area contributed by atoms with Crippen LogP contribution in [0.5, 0.6) is 11.5 Å². The van der Waals surface area contributed by atoms with Crippen molar-refractivity contribution in [2.24, 2.45) is 0 Å². The van der Waals surface area contributed by atoms with Crippen LogP contribution in [0.4, 0.5) is 34.1 Å². The zero-order chi connectivity index (χ0) is 38.2. The summed E-state index contributed by atoms with van der Waals surface area (Å²) >= 11 is 0. The van der Waals surface area contributed by atoms with Crippen molar-refractivity contribution in [2.75, 3.05) is 9.80 Å². The Bertz CT molecular complexity index is 2580. The van der Waals surface area contributed by atoms with Crippen LogP contribution in [0.2, 0.25) is 0 Å². The first-order valence-corrected chi connectivity index (χ1v) is 19.2. The van der Waals surface area contributed by atoms with Gasteiger partial charge in [0.2, 0.25) is 0 Å². The first-order valence-electron chi connectivity index (χ1n) is 19.2. The molecule has 5 heteroatoms. The van der Waals surface area contributed by atoms with Crippen LogP contribution >= 0.6 is 0 Å². The maximum absolute atomic E-state index is 10.1. The van der Waals surface area contributed by atoms with Gasteiger partial charge in [0, 0.05) is 34.1 Å². The summed E-state index contributed by atoms with van der Waals surface area (Å²) in [6.45, 7) is 13.6. The van der Waals surface area contributed by atoms with Gasteiger partial charge in [-0.15, -0.1) is 0 Å². The molecule has 270 valence electrons. The fraction of sp³-hybridized carbons (Fsp3) is 0.160. The number of rotatable bonds is 4. The minimum atomic E-state index is -0.0422. The second kappa shape index (κ2) is 12.7. The fourth-order valence-electron chi connectivity index (χ4n) is 8.38. The molecule has 7 aromatic carbocycles. The molecule has 9 rings (SSSR count). The first kappa shape index (κ1) is 34.6. The average Bonchev–Trinajstić information content (AvgIpc) is 3.17. The average molecular weight is 717 g/mol. The summed E-state index contributed by atoms with van der Waals surface area (Å²) in [6.07, 6.45) is 0. The molecular weight excluding hydrogens is 671 g/mol. The summed E-state index contributed by atoms with van der Waals surface area (Å²) in [7, 11) is 0. The van der Waals surface area contributed by atoms with Crippen LogP contribution in [0.25, 0.3) is 22.3 Å². The van der Waals surface area contributed by atoms with E-state index in [2.05, 4.69) is 154 Å². The highest BCUT2D eigenvalue weighted by Crippen LogP contribution is 2.46. The van der Waals surface area contributed by atoms with Crippen LogP contribution in [-0.4, -0.2) is 16.9 Å². The van der Waals surface area contributed by atoms with Crippen LogP contribution in [0, 0.1) is 0 Å². The standard InChI is InChI=1S/C50H45BN2O2/c1-49(2,3)36-18-21-38(22-19-36)52-45-11-8-12-46-48(45)51(42-27-17-35(30-47(42)52)33-15-25-41(55)26-16-33)43-31-37(50(4,5)6)20-28-44(43)53(46)39-10-7-9-34(29-39)32-13-23-40(54)24-14-32/h7-31,54-55H,1-6H3. The van der Waals surface area contributed by atoms with Crippen molar-refractivity contribution in [1.29, 1.82) is 0 Å². The molecule has 2 aliphatic heterocycles. The van der Waals surface area contributed by atoms with E-state index in [9.17, 15) is 10.2 Å². The Morgan fingerprint density at radius 2 is 0.927 bits per heavy atom. The molecule has 0 fully saturated rings. The van der Waals surface area contributed by atoms with Gasteiger partial charge in [-0.2, -0.15) is 0 Å². The van der Waals surface area contributed by atoms with Gasteiger partial charge in [-0.05, 0) is 133 Å². The van der Waals surface area contributed by atoms with Gasteiger partial charge in [-0.3, -0.25) is 0 Å². The molecule has 7 aromatic rings. The third-order valence-electron chi connectivity index (χ3n) is 11.4. The molecule has 0 saturated heterocycles. The summed E-state index contributed by atoms with van der Waals surface area (Å²) in [5.74, 6) is 0.518. The van der Waals surface area contributed by atoms with Gasteiger partial charge in [-0.25, -0.2) is 0 Å². The van der Waals surface area contributed by atoms with Crippen molar-refractivity contribution in [3.63, 3.8) is 0 Å². The van der Waals surface area contributed by atoms with Gasteiger partial charge >= 0.3 is 0 Å². The molecule has 0 saturated carbocycles. The van der Waals surface area contributed by atoms with E-state index in [0.717, 1.165) is 50.7 Å². The highest BCUT2D eigenvalue weighted by molar-refractivity contribution is 7.00. The molecule has 0 aliphatic carbocycles. The first-order chi connectivity index (χ1) is 26.3. The Morgan fingerprint density at radius 3 is 1.53 bits per heavy atom. The molecule has 0 amide bonds. The van der Waals surface area contributed by atoms with E-state index in [-0.39, 0.29) is 29.0 Å². The molecule has 55 heavy (non-hydrogen) atoms. The molecule has 0 radical (unpaired) electrons. The quantitative estimate of drug-likeness (QED) is 0.178. The van der Waals surface area contributed by atoms with Crippen molar-refractivity contribution < 1.29 is 10.2 Å². The summed E-state index contributed by atoms with van der Waals surface area (Å²) < 4.78 is 0. The fourth-order valence-corrected chi connectivity index (χ4v) is 8.38. The van der Waals surface area contributed by atoms with Crippen molar-refractivity contribution in [3.8, 4) is 33.8 Å². The molecular formula is C50H45BN2O2. The van der Waals surface area contributed by atoms with Crippen LogP contribution in [0.15, 0.2) is 152 Å². The van der Waals surface area contributed by atoms with Gasteiger partial charge in [0.05, 0.1) is 0 Å². The van der Waals surface area contributed by atoms with Crippen LogP contribution in [-0.2, 0) is 10.8 Å². The minimum Gasteiger partial charge on any atom is -0.508 e. The number of aromatic hydroxyl groups is 2. The largest absolute Gasteiger partial charge is 0.508 e. The van der Waals surface area contributed by atoms with E-state index in [0.29, 0.717) is 0 Å². The van der Waals surface area contributed by atoms with E-state index in [1.54, 1.807) is 24.3 Å². The summed E-state index contributed by atoms with van der Waals surface area (Å²) in [6, 6.07) is 53.5. The second-order valence-electron chi connectivity index (χ2n) is 17.1. The van der Waals surface area contributed by atoms with Gasteiger partial charge < -0.3 is 20.0 Å². The molecule has 2 aliphatic rings. The van der Waals surface area contributed by atoms with Gasteiger partial charge in [0.15, 0.2) is 0 Å². The van der Waals surface area contributed by atoms with E-state index < -0.39 is 0 Å². The SMILES string of the molecule is CC(C)(C)c1ccc(N2c3cc(-c4ccc(O)cc4)ccc3B3c4cc(C(C)(C)C)ccc4N(c4cccc(-c5ccc(O)cc5)c4)c4cccc2c43)cc1. The molecule has 4 nitrogen and oxygen atoms in total. The Hall–Kier alpha value is -6.20. The zero-order valence-electron chi connectivity index (χ0n) is 32.3. The van der Waals surface area contributed by atoms with Gasteiger partial charge in [0.25, 0.3) is 6.71 Å². The highest BCUT2D eigenvalue weighted by Gasteiger charge is 2.43. The third-order valence-corrected chi connectivity index (χ3v) is 11.4. The Labute approximate surface area is 325 Å². The maximum atomic E-state index is 10.1. The van der Waals surface area contributed by atoms with Crippen LogP contribution < -0.4 is 26.2 Å². The van der Waals surface area contributed by atoms with Crippen molar-refractivity contribution >= 4 is 57.2 Å². The van der Waals surface area contributed by atoms with Crippen LogP contribution in [0.3, 0.4) is 0 Å². The number of anilines is 6. The van der Waals surface area contributed by atoms with Crippen molar-refractivity contribution in [2.45, 2.75) is 52.4 Å². The molecule has 2 N–H and O–H groups in total. The zero-order valence-corrected chi connectivity index (χ0v) is 32.3. The Morgan fingerprint density at radius 1 is 0.400 bits per heavy atom. The normalized spacial score (nSPS) is 13.3. The van der Waals surface area contributed by atoms with Crippen LogP contribution in [0.1, 0.15) is 52.7 Å². The number of nitrogens with zero attached hydrogens (tertiary/aromatic N) is 2. The number of hydrogen-bond donors (Lipinski definition) is 2. The number of phenols is 2. The maximum Gasteiger partial charge on any atom is 0.252 e. The predicted octanol–water partition coefficient (Wildman–Crippen LogP) is 11.1. The molecule has 0 aromatic heterocycles. The second-order valence-corrected chi connectivity index (χ2v) is 17.1. The van der Waals surface area contributed by atoms with Crippen molar-refractivity contribution in [3.05, 3.63) is 163 Å². The lowest BCUT2D eigenvalue weighted by atomic mass is 9.33. The molecule has 0 spiro atoms. The molecule has 0 bridgehead atoms. The van der Waals surface area contributed by atoms with Crippen molar-refractivity contribution in [1.82, 2.24) is 0 Å². The van der Waals surface area contributed by atoms with E-state index in [4.69, 9.17) is 0 Å². The number of benzene rings is 7. The molecule has 2 heterocycles. The molecule has 0 unspecified atom stereocenters. The summed E-state index contributed by atoms with van der Waals surface area (Å²) in [4.78, 5) is 4.89. The van der Waals surface area contributed by atoms with Gasteiger partial charge in [0.1, 0.15) is 11.5 Å². The third kappa shape index (κ3) is 5.95. The van der Waals surface area contributed by atoms with E-state index >= 15 is 0 Å². The lowest BCUT2D eigenvalue weighted by Crippen LogP contribution is -2.61. The summed E-state index contributed by atoms with van der Waals surface area (Å²) in [5, 5.41) is 20.1. The predicted molar refractivity (Wildman–Crippen MR) is 232 cm³/mol. The number of hydrogen-bond acceptors (Lipinski definition) is 4. The minimum absolute atomic E-state index is 0.00556. The van der Waals surface area contributed by atoms with Gasteiger partial charge in [-0.1, -0.05) is 120 Å². The smallest absolute Gasteiger partial charge is 0.252 e. The lowest BCUT2D eigenvalue weighted by molar-refractivity contribution is 0.475. The molecule has 0 atom stereocenters. The Kier molecular flexibility index (Phi) is 7.98. The van der Waals surface area contributed by atoms with E-state index in [1.807, 2.05) is 24.3 Å². The highest BCUT2D eigenvalue weighted by atomic mass is 16.3. The monoisotopic (exact) mass is 716 g/mol. The van der Waals surface area contributed by atoms with E-state index in [1.165, 1.54) is 33.2 Å². The number of fused-ring (bicyclic) bond motifs is 4. The number of phenolic OH excluding ortho intramolecular Hbond substituents is 2.